The van der Waals surface area contributed by atoms with Gasteiger partial charge in [-0.15, -0.1) is 11.3 Å². The summed E-state index contributed by atoms with van der Waals surface area (Å²) in [6, 6.07) is 10.2. The monoisotopic (exact) mass is 609 g/mol. The van der Waals surface area contributed by atoms with Gasteiger partial charge in [0, 0.05) is 52.9 Å². The third-order valence-electron chi connectivity index (χ3n) is 6.56. The molecule has 1 aliphatic heterocycles. The summed E-state index contributed by atoms with van der Waals surface area (Å²) in [7, 11) is 0. The van der Waals surface area contributed by atoms with Crippen LogP contribution < -0.4 is 11.1 Å². The molecular formula is C31H40ClN7S2. The number of aromatic nitrogens is 4. The summed E-state index contributed by atoms with van der Waals surface area (Å²) in [5.41, 5.74) is 10.1. The van der Waals surface area contributed by atoms with Gasteiger partial charge < -0.3 is 11.1 Å². The molecule has 1 saturated heterocycles. The van der Waals surface area contributed by atoms with Crippen molar-refractivity contribution in [3.63, 3.8) is 0 Å². The highest BCUT2D eigenvalue weighted by molar-refractivity contribution is 7.97. The van der Waals surface area contributed by atoms with Crippen LogP contribution in [0.5, 0.6) is 0 Å². The molecule has 1 aliphatic carbocycles. The average Bonchev–Trinajstić information content (AvgIpc) is 3.53. The van der Waals surface area contributed by atoms with Crippen molar-refractivity contribution < 1.29 is 0 Å². The second kappa shape index (κ2) is 15.5. The number of halogens is 1. The van der Waals surface area contributed by atoms with Gasteiger partial charge in [-0.25, -0.2) is 19.3 Å². The van der Waals surface area contributed by atoms with Crippen LogP contribution in [0.25, 0.3) is 21.9 Å². The maximum Gasteiger partial charge on any atom is 0.223 e. The smallest absolute Gasteiger partial charge is 0.223 e. The molecule has 1 fully saturated rings. The van der Waals surface area contributed by atoms with E-state index in [4.69, 9.17) is 27.3 Å². The van der Waals surface area contributed by atoms with Crippen LogP contribution in [0.2, 0.25) is 5.02 Å². The van der Waals surface area contributed by atoms with Gasteiger partial charge in [-0.3, -0.25) is 4.40 Å². The van der Waals surface area contributed by atoms with Gasteiger partial charge in [-0.1, -0.05) is 57.5 Å². The van der Waals surface area contributed by atoms with Crippen molar-refractivity contribution in [1.82, 2.24) is 23.7 Å². The first kappa shape index (κ1) is 31.3. The molecule has 10 heteroatoms. The van der Waals surface area contributed by atoms with Gasteiger partial charge in [-0.05, 0) is 73.5 Å². The summed E-state index contributed by atoms with van der Waals surface area (Å²) in [5, 5.41) is 6.40. The molecule has 0 bridgehead atoms. The molecule has 6 rings (SSSR count). The van der Waals surface area contributed by atoms with Crippen molar-refractivity contribution in [1.29, 1.82) is 0 Å². The molecule has 2 atom stereocenters. The Morgan fingerprint density at radius 3 is 2.68 bits per heavy atom. The highest BCUT2D eigenvalue weighted by Gasteiger charge is 2.23. The summed E-state index contributed by atoms with van der Waals surface area (Å²) in [4.78, 5) is 16.6. The van der Waals surface area contributed by atoms with Crippen LogP contribution in [0, 0.1) is 0 Å². The summed E-state index contributed by atoms with van der Waals surface area (Å²) in [6.45, 7) is 9.95. The standard InChI is InChI=1S/C27H28ClN7S2.2C2H6/c28-19-7-9-22(10-8-19)37-34-13-3-6-21(17-34)31-26-30-12-11-23(32-26)25-24(33-27-35(25)14-15-36-27)18-4-1-2-5-20(29)16-18;2*1-2/h1,4,7-12,14-16,20-21H,2-3,5-6,13,17,29H2,(H,30,31,32);2*1-2H3. The van der Waals surface area contributed by atoms with E-state index in [0.29, 0.717) is 5.95 Å². The van der Waals surface area contributed by atoms with Crippen LogP contribution in [0.1, 0.15) is 59.1 Å². The van der Waals surface area contributed by atoms with Crippen molar-refractivity contribution in [3.05, 3.63) is 77.1 Å². The first-order valence-corrected chi connectivity index (χ1v) is 16.5. The SMILES string of the molecule is CC.CC.NC1C=C(c2nc3sccn3c2-c2ccnc(NC3CCCN(Sc4ccc(Cl)cc4)C3)n2)C=CCC1. The number of hydrogen-bond acceptors (Lipinski definition) is 8. The molecule has 3 aromatic heterocycles. The molecule has 4 aromatic rings. The van der Waals surface area contributed by atoms with E-state index in [9.17, 15) is 0 Å². The van der Waals surface area contributed by atoms with Crippen LogP contribution in [-0.2, 0) is 0 Å². The van der Waals surface area contributed by atoms with Gasteiger partial charge in [0.15, 0.2) is 4.96 Å². The minimum Gasteiger partial charge on any atom is -0.350 e. The van der Waals surface area contributed by atoms with Crippen LogP contribution in [0.3, 0.4) is 0 Å². The molecule has 3 N–H and O–H groups in total. The second-order valence-electron chi connectivity index (χ2n) is 9.31. The van der Waals surface area contributed by atoms with E-state index >= 15 is 0 Å². The van der Waals surface area contributed by atoms with E-state index in [1.54, 1.807) is 23.3 Å². The number of benzene rings is 1. The summed E-state index contributed by atoms with van der Waals surface area (Å²) < 4.78 is 4.51. The maximum atomic E-state index is 6.32. The number of nitrogens with two attached hydrogens (primary N) is 1. The second-order valence-corrected chi connectivity index (χ2v) is 11.8. The van der Waals surface area contributed by atoms with Crippen molar-refractivity contribution in [3.8, 4) is 11.4 Å². The fraction of sp³-hybridized carbons (Fsp3) is 0.387. The Bertz CT molecular complexity index is 1440. The number of rotatable bonds is 6. The molecule has 2 aliphatic rings. The van der Waals surface area contributed by atoms with Gasteiger partial charge >= 0.3 is 0 Å². The maximum absolute atomic E-state index is 6.32. The predicted octanol–water partition coefficient (Wildman–Crippen LogP) is 8.20. The van der Waals surface area contributed by atoms with Gasteiger partial charge in [0.05, 0.1) is 11.4 Å². The number of piperidine rings is 1. The number of hydrogen-bond donors (Lipinski definition) is 2. The summed E-state index contributed by atoms with van der Waals surface area (Å²) >= 11 is 9.43. The quantitative estimate of drug-likeness (QED) is 0.213. The fourth-order valence-electron chi connectivity index (χ4n) is 4.79. The minimum atomic E-state index is 0.0141. The van der Waals surface area contributed by atoms with E-state index in [0.717, 1.165) is 71.4 Å². The van der Waals surface area contributed by atoms with Crippen molar-refractivity contribution in [2.45, 2.75) is 70.4 Å². The average molecular weight is 610 g/mol. The van der Waals surface area contributed by atoms with Crippen LogP contribution in [0.15, 0.2) is 71.2 Å². The molecule has 0 spiro atoms. The number of fused-ring (bicyclic) bond motifs is 1. The Morgan fingerprint density at radius 1 is 1.07 bits per heavy atom. The highest BCUT2D eigenvalue weighted by atomic mass is 35.5. The first-order valence-electron chi connectivity index (χ1n) is 14.5. The largest absolute Gasteiger partial charge is 0.350 e. The predicted molar refractivity (Wildman–Crippen MR) is 177 cm³/mol. The molecule has 2 unspecified atom stereocenters. The fourth-order valence-corrected chi connectivity index (χ4v) is 6.66. The zero-order chi connectivity index (χ0) is 29.2. The lowest BCUT2D eigenvalue weighted by Gasteiger charge is -2.32. The highest BCUT2D eigenvalue weighted by Crippen LogP contribution is 2.33. The normalized spacial score (nSPS) is 18.9. The molecule has 41 heavy (non-hydrogen) atoms. The van der Waals surface area contributed by atoms with E-state index < -0.39 is 0 Å². The van der Waals surface area contributed by atoms with Gasteiger partial charge in [0.25, 0.3) is 0 Å². The zero-order valence-corrected chi connectivity index (χ0v) is 26.6. The van der Waals surface area contributed by atoms with E-state index in [-0.39, 0.29) is 12.1 Å². The molecule has 0 radical (unpaired) electrons. The Morgan fingerprint density at radius 2 is 1.88 bits per heavy atom. The molecular weight excluding hydrogens is 570 g/mol. The first-order chi connectivity index (χ1) is 20.1. The lowest BCUT2D eigenvalue weighted by atomic mass is 10.1. The number of nitrogens with zero attached hydrogens (tertiary/aromatic N) is 5. The van der Waals surface area contributed by atoms with E-state index in [1.165, 1.54) is 4.90 Å². The lowest BCUT2D eigenvalue weighted by molar-refractivity contribution is 0.355. The molecule has 4 heterocycles. The van der Waals surface area contributed by atoms with Gasteiger partial charge in [0.2, 0.25) is 5.95 Å². The Balaban J connectivity index is 0.000000929. The lowest BCUT2D eigenvalue weighted by Crippen LogP contribution is -2.38. The number of anilines is 1. The minimum absolute atomic E-state index is 0.0141. The molecule has 1 aromatic carbocycles. The van der Waals surface area contributed by atoms with Crippen molar-refractivity contribution in [2.24, 2.45) is 5.73 Å². The summed E-state index contributed by atoms with van der Waals surface area (Å²) in [5.74, 6) is 0.638. The Kier molecular flexibility index (Phi) is 11.8. The van der Waals surface area contributed by atoms with Crippen LogP contribution in [-0.4, -0.2) is 48.8 Å². The number of imidazole rings is 1. The van der Waals surface area contributed by atoms with Gasteiger partial charge in [0.1, 0.15) is 5.69 Å². The van der Waals surface area contributed by atoms with Crippen molar-refractivity contribution >= 4 is 51.4 Å². The summed E-state index contributed by atoms with van der Waals surface area (Å²) in [6.07, 6.45) is 14.4. The van der Waals surface area contributed by atoms with E-state index in [1.807, 2.05) is 57.5 Å². The van der Waals surface area contributed by atoms with Crippen LogP contribution >= 0.6 is 34.9 Å². The van der Waals surface area contributed by atoms with Crippen molar-refractivity contribution in [2.75, 3.05) is 18.4 Å². The number of nitrogens with one attached hydrogen (secondary N) is 1. The molecule has 0 saturated carbocycles. The van der Waals surface area contributed by atoms with Crippen LogP contribution in [0.4, 0.5) is 5.95 Å². The third kappa shape index (κ3) is 7.99. The zero-order valence-electron chi connectivity index (χ0n) is 24.3. The number of thiazole rings is 1. The van der Waals surface area contributed by atoms with E-state index in [2.05, 4.69) is 55.6 Å². The molecule has 7 nitrogen and oxygen atoms in total. The number of allylic oxidation sites excluding steroid dienone is 3. The molecule has 0 amide bonds. The molecule has 218 valence electrons. The Labute approximate surface area is 257 Å². The van der Waals surface area contributed by atoms with Gasteiger partial charge in [-0.2, -0.15) is 0 Å². The Hall–Kier alpha value is -2.69. The topological polar surface area (TPSA) is 84.4 Å². The third-order valence-corrected chi connectivity index (χ3v) is 8.64.